The van der Waals surface area contributed by atoms with E-state index in [2.05, 4.69) is 20.2 Å². The van der Waals surface area contributed by atoms with Gasteiger partial charge in [-0.05, 0) is 57.0 Å². The Morgan fingerprint density at radius 1 is 1.15 bits per heavy atom. The van der Waals surface area contributed by atoms with Crippen LogP contribution >= 0.6 is 0 Å². The first-order valence-electron chi connectivity index (χ1n) is 10.1. The van der Waals surface area contributed by atoms with Crippen LogP contribution in [0.1, 0.15) is 36.2 Å². The van der Waals surface area contributed by atoms with Gasteiger partial charge < -0.3 is 20.9 Å². The van der Waals surface area contributed by atoms with Gasteiger partial charge in [-0.1, -0.05) is 0 Å². The summed E-state index contributed by atoms with van der Waals surface area (Å²) in [5.74, 6) is -0.0825. The zero-order chi connectivity index (χ0) is 18.8. The normalized spacial score (nSPS) is 19.7. The van der Waals surface area contributed by atoms with Gasteiger partial charge in [0, 0.05) is 50.3 Å². The Morgan fingerprint density at radius 2 is 1.81 bits per heavy atom. The zero-order valence-electron chi connectivity index (χ0n) is 16.2. The maximum atomic E-state index is 12.8. The van der Waals surface area contributed by atoms with Crippen molar-refractivity contribution < 1.29 is 4.79 Å². The van der Waals surface area contributed by atoms with Crippen molar-refractivity contribution in [1.29, 1.82) is 0 Å². The van der Waals surface area contributed by atoms with E-state index in [1.807, 2.05) is 25.2 Å². The minimum atomic E-state index is -0.0825. The largest absolute Gasteiger partial charge is 0.399 e. The standard InChI is InChI=1S/C20H30N6O/c1-24-18-14-15(21)4-5-17(18)19(23-24)20(27)22-16-6-10-26(11-7-16)13-12-25-8-2-3-9-25/h4-5,14,16H,2-3,6-13,21H2,1H3,(H,22,27). The third kappa shape index (κ3) is 4.09. The number of piperidine rings is 1. The third-order valence-electron chi connectivity index (χ3n) is 5.94. The number of fused-ring (bicyclic) bond motifs is 1. The van der Waals surface area contributed by atoms with Crippen LogP contribution in [0.15, 0.2) is 18.2 Å². The lowest BCUT2D eigenvalue weighted by atomic mass is 10.0. The van der Waals surface area contributed by atoms with Crippen LogP contribution in [-0.4, -0.2) is 70.8 Å². The van der Waals surface area contributed by atoms with Crippen LogP contribution in [0.3, 0.4) is 0 Å². The summed E-state index contributed by atoms with van der Waals surface area (Å²) in [5.41, 5.74) is 7.91. The van der Waals surface area contributed by atoms with Crippen molar-refractivity contribution in [1.82, 2.24) is 24.9 Å². The number of carbonyl (C=O) groups excluding carboxylic acids is 1. The number of aryl methyl sites for hydroxylation is 1. The molecule has 0 aliphatic carbocycles. The number of amides is 1. The summed E-state index contributed by atoms with van der Waals surface area (Å²) in [4.78, 5) is 17.9. The second kappa shape index (κ2) is 7.86. The molecule has 1 aromatic heterocycles. The summed E-state index contributed by atoms with van der Waals surface area (Å²) in [6, 6.07) is 5.79. The number of hydrogen-bond acceptors (Lipinski definition) is 5. The number of benzene rings is 1. The van der Waals surface area contributed by atoms with Gasteiger partial charge in [0.1, 0.15) is 0 Å². The van der Waals surface area contributed by atoms with E-state index in [1.165, 1.54) is 32.5 Å². The van der Waals surface area contributed by atoms with Crippen LogP contribution in [-0.2, 0) is 7.05 Å². The lowest BCUT2D eigenvalue weighted by Crippen LogP contribution is -2.46. The maximum Gasteiger partial charge on any atom is 0.272 e. The van der Waals surface area contributed by atoms with E-state index in [4.69, 9.17) is 5.73 Å². The van der Waals surface area contributed by atoms with Gasteiger partial charge in [-0.3, -0.25) is 9.48 Å². The minimum absolute atomic E-state index is 0.0825. The lowest BCUT2D eigenvalue weighted by molar-refractivity contribution is 0.0904. The van der Waals surface area contributed by atoms with Crippen molar-refractivity contribution in [3.8, 4) is 0 Å². The molecule has 2 aromatic rings. The zero-order valence-corrected chi connectivity index (χ0v) is 16.2. The fourth-order valence-electron chi connectivity index (χ4n) is 4.29. The predicted octanol–water partition coefficient (Wildman–Crippen LogP) is 1.45. The molecule has 7 heteroatoms. The summed E-state index contributed by atoms with van der Waals surface area (Å²) in [5, 5.41) is 8.46. The molecule has 0 saturated carbocycles. The summed E-state index contributed by atoms with van der Waals surface area (Å²) in [6.45, 7) is 6.95. The Balaban J connectivity index is 1.30. The molecule has 3 N–H and O–H groups in total. The van der Waals surface area contributed by atoms with E-state index in [9.17, 15) is 4.79 Å². The molecular formula is C20H30N6O. The molecule has 2 aliphatic rings. The average molecular weight is 371 g/mol. The predicted molar refractivity (Wildman–Crippen MR) is 108 cm³/mol. The fourth-order valence-corrected chi connectivity index (χ4v) is 4.29. The van der Waals surface area contributed by atoms with Crippen LogP contribution in [0.2, 0.25) is 0 Å². The van der Waals surface area contributed by atoms with Gasteiger partial charge in [0.05, 0.1) is 5.52 Å². The number of nitrogens with zero attached hydrogens (tertiary/aromatic N) is 4. The van der Waals surface area contributed by atoms with Crippen molar-refractivity contribution in [2.45, 2.75) is 31.7 Å². The molecule has 2 saturated heterocycles. The number of nitrogens with one attached hydrogen (secondary N) is 1. The lowest BCUT2D eigenvalue weighted by Gasteiger charge is -2.33. The molecule has 146 valence electrons. The maximum absolute atomic E-state index is 12.8. The highest BCUT2D eigenvalue weighted by molar-refractivity contribution is 6.05. The van der Waals surface area contributed by atoms with Crippen LogP contribution in [0, 0.1) is 0 Å². The second-order valence-electron chi connectivity index (χ2n) is 7.89. The third-order valence-corrected chi connectivity index (χ3v) is 5.94. The first-order valence-corrected chi connectivity index (χ1v) is 10.1. The molecule has 3 heterocycles. The SMILES string of the molecule is Cn1nc(C(=O)NC2CCN(CCN3CCCC3)CC2)c2ccc(N)cc21. The fraction of sp³-hybridized carbons (Fsp3) is 0.600. The number of nitrogens with two attached hydrogens (primary N) is 1. The van der Waals surface area contributed by atoms with Gasteiger partial charge in [-0.25, -0.2) is 0 Å². The smallest absolute Gasteiger partial charge is 0.272 e. The van der Waals surface area contributed by atoms with Crippen molar-refractivity contribution in [3.63, 3.8) is 0 Å². The minimum Gasteiger partial charge on any atom is -0.399 e. The van der Waals surface area contributed by atoms with E-state index in [1.54, 1.807) is 4.68 Å². The summed E-state index contributed by atoms with van der Waals surface area (Å²) in [6.07, 6.45) is 4.71. The molecule has 7 nitrogen and oxygen atoms in total. The first kappa shape index (κ1) is 18.3. The Morgan fingerprint density at radius 3 is 2.52 bits per heavy atom. The van der Waals surface area contributed by atoms with Gasteiger partial charge in [-0.15, -0.1) is 0 Å². The topological polar surface area (TPSA) is 79.4 Å². The van der Waals surface area contributed by atoms with Crippen molar-refractivity contribution in [2.24, 2.45) is 7.05 Å². The number of rotatable bonds is 5. The molecule has 2 aliphatic heterocycles. The highest BCUT2D eigenvalue weighted by Crippen LogP contribution is 2.21. The molecule has 0 bridgehead atoms. The molecule has 2 fully saturated rings. The van der Waals surface area contributed by atoms with Gasteiger partial charge in [-0.2, -0.15) is 5.10 Å². The monoisotopic (exact) mass is 370 g/mol. The van der Waals surface area contributed by atoms with Crippen LogP contribution in [0.5, 0.6) is 0 Å². The van der Waals surface area contributed by atoms with Crippen LogP contribution < -0.4 is 11.1 Å². The van der Waals surface area contributed by atoms with Gasteiger partial charge in [0.15, 0.2) is 5.69 Å². The second-order valence-corrected chi connectivity index (χ2v) is 7.89. The molecule has 1 amide bonds. The molecule has 0 atom stereocenters. The molecular weight excluding hydrogens is 340 g/mol. The Kier molecular flexibility index (Phi) is 5.31. The highest BCUT2D eigenvalue weighted by Gasteiger charge is 2.24. The number of anilines is 1. The van der Waals surface area contributed by atoms with E-state index in [-0.39, 0.29) is 11.9 Å². The molecule has 4 rings (SSSR count). The molecule has 0 spiro atoms. The van der Waals surface area contributed by atoms with Gasteiger partial charge in [0.2, 0.25) is 0 Å². The quantitative estimate of drug-likeness (QED) is 0.779. The first-order chi connectivity index (χ1) is 13.1. The van der Waals surface area contributed by atoms with Crippen molar-refractivity contribution in [2.75, 3.05) is 45.0 Å². The van der Waals surface area contributed by atoms with E-state index < -0.39 is 0 Å². The number of nitrogen functional groups attached to an aromatic ring is 1. The van der Waals surface area contributed by atoms with Gasteiger partial charge in [0.25, 0.3) is 5.91 Å². The number of hydrogen-bond donors (Lipinski definition) is 2. The Bertz CT molecular complexity index is 802. The number of aromatic nitrogens is 2. The van der Waals surface area contributed by atoms with E-state index >= 15 is 0 Å². The Labute approximate surface area is 160 Å². The molecule has 0 unspecified atom stereocenters. The molecule has 27 heavy (non-hydrogen) atoms. The summed E-state index contributed by atoms with van der Waals surface area (Å²) >= 11 is 0. The van der Waals surface area contributed by atoms with E-state index in [0.717, 1.165) is 43.4 Å². The van der Waals surface area contributed by atoms with Crippen LogP contribution in [0.4, 0.5) is 5.69 Å². The molecule has 1 aromatic carbocycles. The van der Waals surface area contributed by atoms with Gasteiger partial charge >= 0.3 is 0 Å². The Hall–Kier alpha value is -2.12. The van der Waals surface area contributed by atoms with Crippen LogP contribution in [0.25, 0.3) is 10.9 Å². The highest BCUT2D eigenvalue weighted by atomic mass is 16.2. The molecule has 0 radical (unpaired) electrons. The van der Waals surface area contributed by atoms with Crippen molar-refractivity contribution in [3.05, 3.63) is 23.9 Å². The average Bonchev–Trinajstić information content (AvgIpc) is 3.29. The summed E-state index contributed by atoms with van der Waals surface area (Å²) in [7, 11) is 1.84. The van der Waals surface area contributed by atoms with Crippen molar-refractivity contribution >= 4 is 22.5 Å². The number of carbonyl (C=O) groups is 1. The van der Waals surface area contributed by atoms with E-state index in [0.29, 0.717) is 11.4 Å². The number of likely N-dealkylation sites (tertiary alicyclic amines) is 2. The summed E-state index contributed by atoms with van der Waals surface area (Å²) < 4.78 is 1.72.